The Kier molecular flexibility index (Phi) is 3.62. The zero-order valence-electron chi connectivity index (χ0n) is 10.3. The highest BCUT2D eigenvalue weighted by atomic mass is 16.6. The molecule has 2 rings (SSSR count). The average molecular weight is 262 g/mol. The maximum Gasteiger partial charge on any atom is 0.273 e. The summed E-state index contributed by atoms with van der Waals surface area (Å²) in [5, 5.41) is 13.9. The number of hydrazine groups is 1. The summed E-state index contributed by atoms with van der Waals surface area (Å²) in [6.45, 7) is 0.467. The average Bonchev–Trinajstić information content (AvgIpc) is 2.81. The largest absolute Gasteiger partial charge is 0.378 e. The maximum atomic E-state index is 10.8. The second kappa shape index (κ2) is 5.36. The summed E-state index contributed by atoms with van der Waals surface area (Å²) in [6.07, 6.45) is 3.52. The van der Waals surface area contributed by atoms with Gasteiger partial charge in [-0.3, -0.25) is 16.0 Å². The molecule has 1 heterocycles. The van der Waals surface area contributed by atoms with Crippen LogP contribution >= 0.6 is 0 Å². The molecule has 1 aromatic heterocycles. The molecule has 0 radical (unpaired) electrons. The van der Waals surface area contributed by atoms with Crippen molar-refractivity contribution in [2.45, 2.75) is 6.54 Å². The summed E-state index contributed by atoms with van der Waals surface area (Å²) in [4.78, 5) is 14.5. The van der Waals surface area contributed by atoms with E-state index in [1.165, 1.54) is 12.1 Å². The lowest BCUT2D eigenvalue weighted by atomic mass is 10.2. The number of nitro groups is 1. The number of nitro benzene ring substituents is 1. The van der Waals surface area contributed by atoms with E-state index in [0.29, 0.717) is 17.9 Å². The Morgan fingerprint density at radius 1 is 1.42 bits per heavy atom. The number of non-ortho nitro benzene ring substituents is 1. The van der Waals surface area contributed by atoms with Crippen LogP contribution in [0.3, 0.4) is 0 Å². The number of hydrogen-bond donors (Lipinski definition) is 3. The number of aryl methyl sites for hydroxylation is 1. The topological polar surface area (TPSA) is 111 Å². The summed E-state index contributed by atoms with van der Waals surface area (Å²) in [5.74, 6) is 6.11. The number of nitrogen functional groups attached to an aromatic ring is 1. The molecule has 0 atom stereocenters. The summed E-state index contributed by atoms with van der Waals surface area (Å²) >= 11 is 0. The van der Waals surface area contributed by atoms with Gasteiger partial charge >= 0.3 is 0 Å². The van der Waals surface area contributed by atoms with Crippen LogP contribution in [0, 0.1) is 10.1 Å². The summed E-state index contributed by atoms with van der Waals surface area (Å²) < 4.78 is 1.87. The molecule has 1 aromatic carbocycles. The van der Waals surface area contributed by atoms with E-state index in [1.807, 2.05) is 17.8 Å². The van der Waals surface area contributed by atoms with Crippen molar-refractivity contribution in [2.24, 2.45) is 12.9 Å². The molecule has 0 unspecified atom stereocenters. The number of nitrogens with zero attached hydrogens (tertiary/aromatic N) is 3. The molecule has 2 aromatic rings. The predicted molar refractivity (Wildman–Crippen MR) is 71.4 cm³/mol. The van der Waals surface area contributed by atoms with Gasteiger partial charge in [0.25, 0.3) is 5.69 Å². The predicted octanol–water partition coefficient (Wildman–Crippen LogP) is 1.23. The zero-order valence-corrected chi connectivity index (χ0v) is 10.3. The normalized spacial score (nSPS) is 10.2. The van der Waals surface area contributed by atoms with Crippen LogP contribution in [0.25, 0.3) is 0 Å². The number of hydrogen-bond acceptors (Lipinski definition) is 6. The van der Waals surface area contributed by atoms with Gasteiger partial charge in [0.15, 0.2) is 0 Å². The van der Waals surface area contributed by atoms with Crippen molar-refractivity contribution in [3.05, 3.63) is 46.5 Å². The lowest BCUT2D eigenvalue weighted by Gasteiger charge is -2.08. The minimum atomic E-state index is -0.465. The summed E-state index contributed by atoms with van der Waals surface area (Å²) in [6, 6.07) is 4.51. The van der Waals surface area contributed by atoms with E-state index in [1.54, 1.807) is 12.3 Å². The first kappa shape index (κ1) is 12.8. The van der Waals surface area contributed by atoms with Gasteiger partial charge in [-0.1, -0.05) is 0 Å². The molecule has 0 aliphatic heterocycles. The third kappa shape index (κ3) is 2.99. The third-order valence-corrected chi connectivity index (χ3v) is 2.67. The highest BCUT2D eigenvalue weighted by molar-refractivity contribution is 5.63. The minimum absolute atomic E-state index is 0.0298. The van der Waals surface area contributed by atoms with E-state index in [0.717, 1.165) is 5.82 Å². The molecule has 4 N–H and O–H groups in total. The van der Waals surface area contributed by atoms with Crippen LogP contribution < -0.4 is 16.6 Å². The van der Waals surface area contributed by atoms with Gasteiger partial charge in [-0.15, -0.1) is 0 Å². The quantitative estimate of drug-likeness (QED) is 0.424. The second-order valence-corrected chi connectivity index (χ2v) is 3.98. The molecule has 8 nitrogen and oxygen atoms in total. The van der Waals surface area contributed by atoms with Crippen LogP contribution in [0.4, 0.5) is 17.1 Å². The van der Waals surface area contributed by atoms with Crippen molar-refractivity contribution in [3.63, 3.8) is 0 Å². The van der Waals surface area contributed by atoms with E-state index in [9.17, 15) is 10.1 Å². The monoisotopic (exact) mass is 262 g/mol. The standard InChI is InChI=1S/C11H14N6O2/c1-16-3-2-13-11(16)7-14-8-4-9(15-12)6-10(5-8)17(18)19/h2-6,14-15H,7,12H2,1H3. The first-order valence-corrected chi connectivity index (χ1v) is 5.56. The van der Waals surface area contributed by atoms with Crippen molar-refractivity contribution in [1.82, 2.24) is 9.55 Å². The highest BCUT2D eigenvalue weighted by Crippen LogP contribution is 2.24. The molecule has 8 heteroatoms. The Morgan fingerprint density at radius 3 is 2.74 bits per heavy atom. The molecule has 0 saturated carbocycles. The van der Waals surface area contributed by atoms with E-state index in [2.05, 4.69) is 15.7 Å². The van der Waals surface area contributed by atoms with Crippen LogP contribution in [0.15, 0.2) is 30.6 Å². The van der Waals surface area contributed by atoms with Crippen LogP contribution in [-0.4, -0.2) is 14.5 Å². The van der Waals surface area contributed by atoms with E-state index in [-0.39, 0.29) is 5.69 Å². The van der Waals surface area contributed by atoms with Crippen molar-refractivity contribution in [3.8, 4) is 0 Å². The Hall–Kier alpha value is -2.61. The number of benzene rings is 1. The summed E-state index contributed by atoms with van der Waals surface area (Å²) in [7, 11) is 1.88. The van der Waals surface area contributed by atoms with E-state index in [4.69, 9.17) is 5.84 Å². The van der Waals surface area contributed by atoms with Crippen molar-refractivity contribution < 1.29 is 4.92 Å². The molecular weight excluding hydrogens is 248 g/mol. The van der Waals surface area contributed by atoms with Crippen LogP contribution in [0.1, 0.15) is 5.82 Å². The number of nitrogens with two attached hydrogens (primary N) is 1. The Balaban J connectivity index is 2.17. The Morgan fingerprint density at radius 2 is 2.16 bits per heavy atom. The highest BCUT2D eigenvalue weighted by Gasteiger charge is 2.09. The van der Waals surface area contributed by atoms with Crippen molar-refractivity contribution in [1.29, 1.82) is 0 Å². The van der Waals surface area contributed by atoms with Gasteiger partial charge in [-0.25, -0.2) is 4.98 Å². The number of anilines is 2. The first-order valence-electron chi connectivity index (χ1n) is 5.56. The molecule has 19 heavy (non-hydrogen) atoms. The summed E-state index contributed by atoms with van der Waals surface area (Å²) in [5.41, 5.74) is 3.44. The molecule has 0 bridgehead atoms. The second-order valence-electron chi connectivity index (χ2n) is 3.98. The van der Waals surface area contributed by atoms with Gasteiger partial charge in [0.2, 0.25) is 0 Å². The molecule has 0 spiro atoms. The van der Waals surface area contributed by atoms with E-state index < -0.39 is 4.92 Å². The van der Waals surface area contributed by atoms with Gasteiger partial charge in [0, 0.05) is 37.3 Å². The molecule has 0 fully saturated rings. The van der Waals surface area contributed by atoms with Crippen molar-refractivity contribution >= 4 is 17.1 Å². The number of imidazole rings is 1. The molecule has 0 aliphatic rings. The molecule has 0 saturated heterocycles. The maximum absolute atomic E-state index is 10.8. The lowest BCUT2D eigenvalue weighted by molar-refractivity contribution is -0.384. The fourth-order valence-corrected chi connectivity index (χ4v) is 1.65. The molecule has 0 aliphatic carbocycles. The lowest BCUT2D eigenvalue weighted by Crippen LogP contribution is -2.09. The van der Waals surface area contributed by atoms with Gasteiger partial charge < -0.3 is 15.3 Å². The smallest absolute Gasteiger partial charge is 0.273 e. The molecular formula is C11H14N6O2. The number of nitrogens with one attached hydrogen (secondary N) is 2. The first-order chi connectivity index (χ1) is 9.10. The zero-order chi connectivity index (χ0) is 13.8. The third-order valence-electron chi connectivity index (χ3n) is 2.67. The molecule has 100 valence electrons. The van der Waals surface area contributed by atoms with Gasteiger partial charge in [-0.2, -0.15) is 0 Å². The van der Waals surface area contributed by atoms with Crippen LogP contribution in [-0.2, 0) is 13.6 Å². The van der Waals surface area contributed by atoms with E-state index >= 15 is 0 Å². The SMILES string of the molecule is Cn1ccnc1CNc1cc(NN)cc([N+](=O)[O-])c1. The van der Waals surface area contributed by atoms with Gasteiger partial charge in [0.1, 0.15) is 5.82 Å². The number of rotatable bonds is 5. The molecule has 0 amide bonds. The van der Waals surface area contributed by atoms with Crippen molar-refractivity contribution in [2.75, 3.05) is 10.7 Å². The minimum Gasteiger partial charge on any atom is -0.378 e. The van der Waals surface area contributed by atoms with Crippen LogP contribution in [0.5, 0.6) is 0 Å². The fourth-order valence-electron chi connectivity index (χ4n) is 1.65. The Labute approximate surface area is 109 Å². The van der Waals surface area contributed by atoms with Crippen LogP contribution in [0.2, 0.25) is 0 Å². The fraction of sp³-hybridized carbons (Fsp3) is 0.182. The van der Waals surface area contributed by atoms with Gasteiger partial charge in [0.05, 0.1) is 17.2 Å². The van der Waals surface area contributed by atoms with Gasteiger partial charge in [-0.05, 0) is 6.07 Å². The number of aromatic nitrogens is 2. The Bertz CT molecular complexity index is 595.